The van der Waals surface area contributed by atoms with Crippen LogP contribution in [0.25, 0.3) is 16.9 Å². The predicted molar refractivity (Wildman–Crippen MR) is 129 cm³/mol. The van der Waals surface area contributed by atoms with E-state index in [0.29, 0.717) is 11.9 Å². The van der Waals surface area contributed by atoms with Crippen LogP contribution in [0.3, 0.4) is 0 Å². The fraction of sp³-hybridized carbons (Fsp3) is 0.625. The third kappa shape index (κ3) is 4.58. The van der Waals surface area contributed by atoms with Crippen molar-refractivity contribution in [2.24, 2.45) is 5.92 Å². The number of rotatable bonds is 7. The maximum absolute atomic E-state index is 5.73. The maximum atomic E-state index is 5.73. The number of fused-ring (bicyclic) bond motifs is 1. The lowest BCUT2D eigenvalue weighted by Gasteiger charge is -2.37. The monoisotopic (exact) mass is 454 g/mol. The first kappa shape index (κ1) is 21.9. The summed E-state index contributed by atoms with van der Waals surface area (Å²) in [5.41, 5.74) is 2.10. The van der Waals surface area contributed by atoms with E-state index in [1.54, 1.807) is 0 Å². The number of hydrogen-bond donors (Lipinski definition) is 0. The van der Waals surface area contributed by atoms with Gasteiger partial charge in [-0.1, -0.05) is 44.0 Å². The number of aromatic nitrogens is 4. The first-order chi connectivity index (χ1) is 15.7. The third-order valence-corrected chi connectivity index (χ3v) is 7.82. The minimum atomic E-state index is 0.346. The number of benzene rings is 1. The molecule has 7 nitrogen and oxygen atoms in total. The van der Waals surface area contributed by atoms with Gasteiger partial charge >= 0.3 is 0 Å². The van der Waals surface area contributed by atoms with Gasteiger partial charge in [0.1, 0.15) is 0 Å². The van der Waals surface area contributed by atoms with Gasteiger partial charge in [0.25, 0.3) is 5.95 Å². The summed E-state index contributed by atoms with van der Waals surface area (Å²) in [5, 5.41) is 10.2. The summed E-state index contributed by atoms with van der Waals surface area (Å²) in [6.45, 7) is 10.3. The van der Waals surface area contributed by atoms with Crippen LogP contribution in [0, 0.1) is 5.92 Å². The molecule has 2 aliphatic rings. The lowest BCUT2D eigenvalue weighted by atomic mass is 9.94. The Hall–Kier alpha value is -1.90. The molecular formula is C24H34N6OS. The maximum Gasteiger partial charge on any atom is 0.291 e. The van der Waals surface area contributed by atoms with Crippen molar-refractivity contribution in [2.75, 3.05) is 38.5 Å². The molecule has 0 radical (unpaired) electrons. The predicted octanol–water partition coefficient (Wildman–Crippen LogP) is 4.53. The van der Waals surface area contributed by atoms with Crippen molar-refractivity contribution in [1.82, 2.24) is 29.1 Å². The van der Waals surface area contributed by atoms with Gasteiger partial charge in [0, 0.05) is 36.7 Å². The van der Waals surface area contributed by atoms with Crippen LogP contribution < -0.4 is 0 Å². The molecule has 0 saturated carbocycles. The Morgan fingerprint density at radius 1 is 1.09 bits per heavy atom. The Morgan fingerprint density at radius 3 is 2.75 bits per heavy atom. The van der Waals surface area contributed by atoms with Gasteiger partial charge < -0.3 is 9.42 Å². The number of nitrogens with zero attached hydrogens (tertiary/aromatic N) is 6. The summed E-state index contributed by atoms with van der Waals surface area (Å²) in [4.78, 5) is 7.41. The number of piperidine rings is 2. The summed E-state index contributed by atoms with van der Waals surface area (Å²) >= 11 is 2.00. The molecule has 2 aliphatic heterocycles. The van der Waals surface area contributed by atoms with Crippen molar-refractivity contribution in [3.63, 3.8) is 0 Å². The van der Waals surface area contributed by atoms with Crippen molar-refractivity contribution < 1.29 is 4.52 Å². The largest absolute Gasteiger partial charge is 0.337 e. The van der Waals surface area contributed by atoms with E-state index in [4.69, 9.17) is 14.6 Å². The average molecular weight is 455 g/mol. The summed E-state index contributed by atoms with van der Waals surface area (Å²) in [5.74, 6) is 3.64. The third-order valence-electron chi connectivity index (χ3n) is 6.87. The second kappa shape index (κ2) is 9.93. The van der Waals surface area contributed by atoms with Gasteiger partial charge in [-0.2, -0.15) is 14.8 Å². The van der Waals surface area contributed by atoms with Crippen LogP contribution in [-0.4, -0.2) is 67.6 Å². The summed E-state index contributed by atoms with van der Waals surface area (Å²) in [6, 6.07) is 8.27. The van der Waals surface area contributed by atoms with Crippen molar-refractivity contribution in [2.45, 2.75) is 51.9 Å². The molecule has 2 aromatic heterocycles. The van der Waals surface area contributed by atoms with Gasteiger partial charge in [-0.05, 0) is 62.3 Å². The standard InChI is InChI=1S/C24H34N6OS/c1-3-21-20-9-5-6-10-22(20)30(26-21)24-25-23(31-27-24)19-11-14-28(15-12-19)16-18-8-7-13-29(17-18)32-4-2/h5-6,9-10,18-19H,3-4,7-8,11-17H2,1-2H3. The second-order valence-corrected chi connectivity index (χ2v) is 10.4. The van der Waals surface area contributed by atoms with Crippen LogP contribution in [0.15, 0.2) is 28.8 Å². The van der Waals surface area contributed by atoms with Crippen LogP contribution in [-0.2, 0) is 6.42 Å². The van der Waals surface area contributed by atoms with E-state index in [2.05, 4.69) is 46.4 Å². The Labute approximate surface area is 194 Å². The molecule has 2 fully saturated rings. The lowest BCUT2D eigenvalue weighted by Crippen LogP contribution is -2.41. The Kier molecular flexibility index (Phi) is 6.80. The molecule has 8 heteroatoms. The molecule has 3 aromatic rings. The quantitative estimate of drug-likeness (QED) is 0.486. The Balaban J connectivity index is 1.21. The van der Waals surface area contributed by atoms with Crippen molar-refractivity contribution in [3.05, 3.63) is 35.9 Å². The van der Waals surface area contributed by atoms with Crippen molar-refractivity contribution >= 4 is 22.9 Å². The molecular weight excluding hydrogens is 420 g/mol. The van der Waals surface area contributed by atoms with Crippen LogP contribution in [0.4, 0.5) is 0 Å². The van der Waals surface area contributed by atoms with Gasteiger partial charge in [0.2, 0.25) is 5.89 Å². The lowest BCUT2D eigenvalue weighted by molar-refractivity contribution is 0.146. The van der Waals surface area contributed by atoms with E-state index in [-0.39, 0.29) is 0 Å². The molecule has 2 saturated heterocycles. The molecule has 172 valence electrons. The van der Waals surface area contributed by atoms with E-state index in [0.717, 1.165) is 60.8 Å². The molecule has 0 amide bonds. The van der Waals surface area contributed by atoms with Crippen molar-refractivity contribution in [1.29, 1.82) is 0 Å². The van der Waals surface area contributed by atoms with Crippen molar-refractivity contribution in [3.8, 4) is 5.95 Å². The van der Waals surface area contributed by atoms with Crippen LogP contribution >= 0.6 is 11.9 Å². The second-order valence-electron chi connectivity index (χ2n) is 9.05. The highest BCUT2D eigenvalue weighted by Crippen LogP contribution is 2.30. The van der Waals surface area contributed by atoms with Gasteiger partial charge in [0.15, 0.2) is 0 Å². The number of hydrogen-bond acceptors (Lipinski definition) is 7. The minimum Gasteiger partial charge on any atom is -0.337 e. The van der Waals surface area contributed by atoms with Gasteiger partial charge in [-0.15, -0.1) is 0 Å². The van der Waals surface area contributed by atoms with E-state index < -0.39 is 0 Å². The Morgan fingerprint density at radius 2 is 1.94 bits per heavy atom. The molecule has 32 heavy (non-hydrogen) atoms. The molecule has 5 rings (SSSR count). The molecule has 0 spiro atoms. The fourth-order valence-electron chi connectivity index (χ4n) is 5.23. The molecule has 1 aromatic carbocycles. The van der Waals surface area contributed by atoms with Crippen LogP contribution in [0.1, 0.15) is 57.0 Å². The molecule has 0 bridgehead atoms. The first-order valence-corrected chi connectivity index (χ1v) is 13.1. The average Bonchev–Trinajstić information content (AvgIpc) is 3.45. The first-order valence-electron chi connectivity index (χ1n) is 12.2. The summed E-state index contributed by atoms with van der Waals surface area (Å²) in [7, 11) is 0. The van der Waals surface area contributed by atoms with Gasteiger partial charge in [-0.3, -0.25) is 4.31 Å². The molecule has 0 N–H and O–H groups in total. The Bertz CT molecular complexity index is 1020. The van der Waals surface area contributed by atoms with Gasteiger partial charge in [0.05, 0.1) is 11.2 Å². The molecule has 4 heterocycles. The molecule has 1 unspecified atom stereocenters. The van der Waals surface area contributed by atoms with E-state index in [1.165, 1.54) is 38.2 Å². The smallest absolute Gasteiger partial charge is 0.291 e. The van der Waals surface area contributed by atoms with E-state index >= 15 is 0 Å². The number of aryl methyl sites for hydroxylation is 1. The highest BCUT2D eigenvalue weighted by atomic mass is 32.2. The normalized spacial score (nSPS) is 21.5. The summed E-state index contributed by atoms with van der Waals surface area (Å²) in [6.07, 6.45) is 5.75. The minimum absolute atomic E-state index is 0.346. The van der Waals surface area contributed by atoms with Crippen LogP contribution in [0.2, 0.25) is 0 Å². The highest BCUT2D eigenvalue weighted by molar-refractivity contribution is 7.96. The SMILES string of the molecule is CCSN1CCCC(CN2CCC(c3nc(-n4nc(CC)c5ccccc54)no3)CC2)C1. The number of likely N-dealkylation sites (tertiary alicyclic amines) is 1. The van der Waals surface area contributed by atoms with E-state index in [9.17, 15) is 0 Å². The summed E-state index contributed by atoms with van der Waals surface area (Å²) < 4.78 is 10.1. The topological polar surface area (TPSA) is 63.2 Å². The number of para-hydroxylation sites is 1. The highest BCUT2D eigenvalue weighted by Gasteiger charge is 2.28. The molecule has 1 atom stereocenters. The molecule has 0 aliphatic carbocycles. The van der Waals surface area contributed by atoms with Gasteiger partial charge in [-0.25, -0.2) is 0 Å². The zero-order chi connectivity index (χ0) is 21.9. The zero-order valence-electron chi connectivity index (χ0n) is 19.2. The fourth-order valence-corrected chi connectivity index (χ4v) is 6.17. The van der Waals surface area contributed by atoms with Crippen LogP contribution in [0.5, 0.6) is 0 Å². The van der Waals surface area contributed by atoms with E-state index in [1.807, 2.05) is 22.7 Å². The zero-order valence-corrected chi connectivity index (χ0v) is 20.1.